The maximum Gasteiger partial charge on any atom is 0.290 e. The van der Waals surface area contributed by atoms with Crippen LogP contribution in [-0.4, -0.2) is 67.4 Å². The Balaban J connectivity index is 1.68. The Bertz CT molecular complexity index is 1340. The molecular formula is C30H37N3O7. The minimum atomic E-state index is -0.734. The number of aliphatic hydroxyl groups excluding tert-OH is 1. The number of para-hydroxylation sites is 3. The quantitative estimate of drug-likeness (QED) is 0.215. The SMILES string of the molecule is CCO[C@H]1OC(C(=O)Nc2ccccc2N)=C[C@@H](c2cn(C(C)=O)c3ccccc23)[C@H]1CCOCCOCCO. The topological polar surface area (TPSA) is 134 Å². The number of nitrogen functional groups attached to an aromatic ring is 1. The van der Waals surface area contributed by atoms with Gasteiger partial charge in [-0.25, -0.2) is 0 Å². The minimum Gasteiger partial charge on any atom is -0.459 e. The highest BCUT2D eigenvalue weighted by atomic mass is 16.7. The van der Waals surface area contributed by atoms with Crippen molar-refractivity contribution in [2.45, 2.75) is 32.5 Å². The molecule has 1 amide bonds. The van der Waals surface area contributed by atoms with E-state index in [4.69, 9.17) is 29.8 Å². The Morgan fingerprint density at radius 2 is 1.77 bits per heavy atom. The van der Waals surface area contributed by atoms with Crippen molar-refractivity contribution < 1.29 is 33.6 Å². The van der Waals surface area contributed by atoms with E-state index in [9.17, 15) is 9.59 Å². The fraction of sp³-hybridized carbons (Fsp3) is 0.400. The molecule has 10 nitrogen and oxygen atoms in total. The van der Waals surface area contributed by atoms with Crippen molar-refractivity contribution in [2.24, 2.45) is 5.92 Å². The highest BCUT2D eigenvalue weighted by Gasteiger charge is 2.39. The first-order valence-electron chi connectivity index (χ1n) is 13.5. The van der Waals surface area contributed by atoms with E-state index in [-0.39, 0.29) is 36.7 Å². The lowest BCUT2D eigenvalue weighted by molar-refractivity contribution is -0.166. The molecule has 0 fully saturated rings. The number of anilines is 2. The van der Waals surface area contributed by atoms with Crippen molar-refractivity contribution in [1.29, 1.82) is 0 Å². The third-order valence-electron chi connectivity index (χ3n) is 6.79. The zero-order valence-corrected chi connectivity index (χ0v) is 22.9. The van der Waals surface area contributed by atoms with Gasteiger partial charge in [0.1, 0.15) is 0 Å². The van der Waals surface area contributed by atoms with Crippen LogP contribution in [0.3, 0.4) is 0 Å². The predicted octanol–water partition coefficient (Wildman–Crippen LogP) is 3.91. The summed E-state index contributed by atoms with van der Waals surface area (Å²) in [5.41, 5.74) is 8.64. The summed E-state index contributed by atoms with van der Waals surface area (Å²) in [5.74, 6) is -0.985. The maximum absolute atomic E-state index is 13.4. The van der Waals surface area contributed by atoms with Gasteiger partial charge >= 0.3 is 0 Å². The van der Waals surface area contributed by atoms with Crippen molar-refractivity contribution in [3.8, 4) is 0 Å². The summed E-state index contributed by atoms with van der Waals surface area (Å²) >= 11 is 0. The van der Waals surface area contributed by atoms with Crippen LogP contribution >= 0.6 is 0 Å². The maximum atomic E-state index is 13.4. The number of nitrogens with two attached hydrogens (primary N) is 1. The summed E-state index contributed by atoms with van der Waals surface area (Å²) in [6, 6.07) is 14.7. The van der Waals surface area contributed by atoms with Crippen LogP contribution in [0.15, 0.2) is 66.6 Å². The Labute approximate surface area is 233 Å². The number of benzene rings is 2. The van der Waals surface area contributed by atoms with E-state index in [0.29, 0.717) is 44.2 Å². The van der Waals surface area contributed by atoms with Crippen molar-refractivity contribution in [1.82, 2.24) is 4.57 Å². The van der Waals surface area contributed by atoms with Crippen LogP contribution in [0.2, 0.25) is 0 Å². The molecule has 3 aromatic rings. The predicted molar refractivity (Wildman–Crippen MR) is 152 cm³/mol. The molecule has 0 unspecified atom stereocenters. The van der Waals surface area contributed by atoms with Crippen LogP contribution in [0.5, 0.6) is 0 Å². The van der Waals surface area contributed by atoms with Crippen LogP contribution in [0, 0.1) is 5.92 Å². The van der Waals surface area contributed by atoms with Gasteiger partial charge in [-0.3, -0.25) is 14.2 Å². The molecular weight excluding hydrogens is 514 g/mol. The number of ether oxygens (including phenoxy) is 4. The third kappa shape index (κ3) is 6.89. The van der Waals surface area contributed by atoms with E-state index < -0.39 is 12.2 Å². The first-order valence-corrected chi connectivity index (χ1v) is 13.5. The van der Waals surface area contributed by atoms with Crippen LogP contribution in [0.25, 0.3) is 10.9 Å². The van der Waals surface area contributed by atoms with Gasteiger partial charge in [-0.1, -0.05) is 30.3 Å². The molecule has 0 saturated heterocycles. The first kappa shape index (κ1) is 29.3. The number of allylic oxidation sites excluding steroid dienone is 1. The molecule has 1 aliphatic heterocycles. The highest BCUT2D eigenvalue weighted by Crippen LogP contribution is 2.42. The largest absolute Gasteiger partial charge is 0.459 e. The number of nitrogens with zero attached hydrogens (tertiary/aromatic N) is 1. The number of aliphatic hydroxyl groups is 1. The van der Waals surface area contributed by atoms with E-state index in [2.05, 4.69) is 5.32 Å². The standard InChI is InChI=1S/C30H37N3O7/c1-3-39-30-22(12-14-37-16-17-38-15-13-34)23(24-19-33(20(2)35)27-11-7-4-8-21(24)27)18-28(40-30)29(36)32-26-10-6-5-9-25(26)31/h4-11,18-19,22-23,30,34H,3,12-17,31H2,1-2H3,(H,32,36)/t22-,23-,30+/m1/s1. The zero-order valence-electron chi connectivity index (χ0n) is 22.9. The molecule has 0 saturated carbocycles. The molecule has 2 aromatic carbocycles. The molecule has 4 rings (SSSR count). The smallest absolute Gasteiger partial charge is 0.290 e. The monoisotopic (exact) mass is 551 g/mol. The third-order valence-corrected chi connectivity index (χ3v) is 6.79. The lowest BCUT2D eigenvalue weighted by Crippen LogP contribution is -2.38. The van der Waals surface area contributed by atoms with E-state index in [0.717, 1.165) is 16.5 Å². The molecule has 3 atom stereocenters. The Kier molecular flexibility index (Phi) is 10.3. The van der Waals surface area contributed by atoms with E-state index in [1.807, 2.05) is 37.4 Å². The molecule has 0 bridgehead atoms. The number of rotatable bonds is 13. The van der Waals surface area contributed by atoms with Gasteiger partial charge < -0.3 is 35.1 Å². The van der Waals surface area contributed by atoms with Gasteiger partial charge in [0.25, 0.3) is 5.91 Å². The zero-order chi connectivity index (χ0) is 28.5. The van der Waals surface area contributed by atoms with Crippen LogP contribution in [-0.2, 0) is 23.7 Å². The van der Waals surface area contributed by atoms with E-state index >= 15 is 0 Å². The number of nitrogens with one attached hydrogen (secondary N) is 1. The van der Waals surface area contributed by atoms with Gasteiger partial charge in [0.05, 0.1) is 43.3 Å². The van der Waals surface area contributed by atoms with Crippen LogP contribution < -0.4 is 11.1 Å². The van der Waals surface area contributed by atoms with Gasteiger partial charge in [0.2, 0.25) is 12.2 Å². The molecule has 40 heavy (non-hydrogen) atoms. The molecule has 2 heterocycles. The first-order chi connectivity index (χ1) is 19.4. The van der Waals surface area contributed by atoms with Gasteiger partial charge in [0, 0.05) is 43.6 Å². The van der Waals surface area contributed by atoms with E-state index in [1.54, 1.807) is 34.9 Å². The minimum absolute atomic E-state index is 0.0376. The Hall–Kier alpha value is -3.70. The van der Waals surface area contributed by atoms with Gasteiger partial charge in [-0.15, -0.1) is 0 Å². The summed E-state index contributed by atoms with van der Waals surface area (Å²) < 4.78 is 24.9. The second kappa shape index (κ2) is 14.1. The van der Waals surface area contributed by atoms with Gasteiger partial charge in [0.15, 0.2) is 5.76 Å². The molecule has 1 aromatic heterocycles. The van der Waals surface area contributed by atoms with Crippen molar-refractivity contribution >= 4 is 34.1 Å². The molecule has 0 spiro atoms. The number of amides is 1. The van der Waals surface area contributed by atoms with Crippen molar-refractivity contribution in [3.63, 3.8) is 0 Å². The Morgan fingerprint density at radius 1 is 1.05 bits per heavy atom. The fourth-order valence-corrected chi connectivity index (χ4v) is 4.93. The molecule has 10 heteroatoms. The summed E-state index contributed by atoms with van der Waals surface area (Å²) in [4.78, 5) is 25.9. The second-order valence-electron chi connectivity index (χ2n) is 9.43. The van der Waals surface area contributed by atoms with Gasteiger partial charge in [-0.2, -0.15) is 0 Å². The van der Waals surface area contributed by atoms with Crippen molar-refractivity contribution in [2.75, 3.05) is 50.7 Å². The normalized spacial score (nSPS) is 18.8. The Morgan fingerprint density at radius 3 is 2.50 bits per heavy atom. The fourth-order valence-electron chi connectivity index (χ4n) is 4.93. The number of carbonyl (C=O) groups excluding carboxylic acids is 2. The average Bonchev–Trinajstić information content (AvgIpc) is 3.34. The molecule has 0 aliphatic carbocycles. The summed E-state index contributed by atoms with van der Waals surface area (Å²) in [6.07, 6.45) is 3.46. The lowest BCUT2D eigenvalue weighted by atomic mass is 9.81. The number of carbonyl (C=O) groups is 2. The van der Waals surface area contributed by atoms with Crippen molar-refractivity contribution in [3.05, 3.63) is 72.1 Å². The lowest BCUT2D eigenvalue weighted by Gasteiger charge is -2.36. The molecule has 4 N–H and O–H groups in total. The number of hydrogen-bond acceptors (Lipinski definition) is 8. The molecule has 1 aliphatic rings. The summed E-state index contributed by atoms with van der Waals surface area (Å²) in [7, 11) is 0. The second-order valence-corrected chi connectivity index (χ2v) is 9.43. The molecule has 0 radical (unpaired) electrons. The average molecular weight is 552 g/mol. The number of fused-ring (bicyclic) bond motifs is 1. The summed E-state index contributed by atoms with van der Waals surface area (Å²) in [5, 5.41) is 12.6. The molecule has 214 valence electrons. The highest BCUT2D eigenvalue weighted by molar-refractivity contribution is 6.04. The number of aromatic nitrogens is 1. The summed E-state index contributed by atoms with van der Waals surface area (Å²) in [6.45, 7) is 5.14. The number of hydrogen-bond donors (Lipinski definition) is 3. The van der Waals surface area contributed by atoms with Crippen LogP contribution in [0.1, 0.15) is 36.5 Å². The van der Waals surface area contributed by atoms with Gasteiger partial charge in [-0.05, 0) is 43.2 Å². The van der Waals surface area contributed by atoms with Crippen LogP contribution in [0.4, 0.5) is 11.4 Å². The van der Waals surface area contributed by atoms with E-state index in [1.165, 1.54) is 6.92 Å².